The van der Waals surface area contributed by atoms with Crippen LogP contribution in [0.2, 0.25) is 0 Å². The predicted molar refractivity (Wildman–Crippen MR) is 73.0 cm³/mol. The van der Waals surface area contributed by atoms with Crippen molar-refractivity contribution in [1.82, 2.24) is 4.31 Å². The van der Waals surface area contributed by atoms with Gasteiger partial charge in [0, 0.05) is 24.1 Å². The fourth-order valence-corrected chi connectivity index (χ4v) is 5.02. The SMILES string of the molecule is CC1CN(S(=O)(=O)c2cc(F)ccc2CO)CCS1. The highest BCUT2D eigenvalue weighted by Gasteiger charge is 2.30. The van der Waals surface area contributed by atoms with Crippen LogP contribution >= 0.6 is 11.8 Å². The van der Waals surface area contributed by atoms with Crippen LogP contribution in [0.4, 0.5) is 4.39 Å². The molecule has 0 radical (unpaired) electrons. The molecule has 0 amide bonds. The third-order valence-corrected chi connectivity index (χ3v) is 6.10. The Hall–Kier alpha value is -0.630. The van der Waals surface area contributed by atoms with Crippen LogP contribution in [0.25, 0.3) is 0 Å². The van der Waals surface area contributed by atoms with Gasteiger partial charge in [0.2, 0.25) is 10.0 Å². The van der Waals surface area contributed by atoms with E-state index in [1.54, 1.807) is 11.8 Å². The number of aliphatic hydroxyl groups excluding tert-OH is 1. The van der Waals surface area contributed by atoms with Gasteiger partial charge in [-0.1, -0.05) is 13.0 Å². The van der Waals surface area contributed by atoms with E-state index in [9.17, 15) is 17.9 Å². The summed E-state index contributed by atoms with van der Waals surface area (Å²) in [4.78, 5) is -0.130. The molecule has 1 unspecified atom stereocenters. The first-order chi connectivity index (χ1) is 8.95. The van der Waals surface area contributed by atoms with Crippen molar-refractivity contribution in [3.05, 3.63) is 29.6 Å². The summed E-state index contributed by atoms with van der Waals surface area (Å²) in [5, 5.41) is 9.43. The molecule has 1 aromatic carbocycles. The van der Waals surface area contributed by atoms with Crippen molar-refractivity contribution in [3.8, 4) is 0 Å². The highest BCUT2D eigenvalue weighted by molar-refractivity contribution is 8.00. The van der Waals surface area contributed by atoms with E-state index in [0.29, 0.717) is 13.1 Å². The maximum Gasteiger partial charge on any atom is 0.243 e. The molecule has 4 nitrogen and oxygen atoms in total. The summed E-state index contributed by atoms with van der Waals surface area (Å²) < 4.78 is 39.7. The van der Waals surface area contributed by atoms with E-state index in [1.807, 2.05) is 6.92 Å². The molecule has 106 valence electrons. The number of hydrogen-bond acceptors (Lipinski definition) is 4. The van der Waals surface area contributed by atoms with Crippen LogP contribution in [0.1, 0.15) is 12.5 Å². The summed E-state index contributed by atoms with van der Waals surface area (Å²) >= 11 is 1.72. The molecule has 1 aliphatic heterocycles. The van der Waals surface area contributed by atoms with Gasteiger partial charge in [-0.25, -0.2) is 12.8 Å². The first-order valence-electron chi connectivity index (χ1n) is 5.96. The lowest BCUT2D eigenvalue weighted by Crippen LogP contribution is -2.41. The number of sulfonamides is 1. The van der Waals surface area contributed by atoms with E-state index in [2.05, 4.69) is 0 Å². The fraction of sp³-hybridized carbons (Fsp3) is 0.500. The van der Waals surface area contributed by atoms with Crippen molar-refractivity contribution >= 4 is 21.8 Å². The van der Waals surface area contributed by atoms with Crippen LogP contribution in [0.15, 0.2) is 23.1 Å². The van der Waals surface area contributed by atoms with Gasteiger partial charge in [0.25, 0.3) is 0 Å². The molecule has 0 aliphatic carbocycles. The number of aliphatic hydroxyl groups is 1. The fourth-order valence-electron chi connectivity index (χ4n) is 2.04. The lowest BCUT2D eigenvalue weighted by atomic mass is 10.2. The molecule has 1 aliphatic rings. The van der Waals surface area contributed by atoms with Gasteiger partial charge in [-0.3, -0.25) is 0 Å². The average Bonchev–Trinajstić information content (AvgIpc) is 2.38. The van der Waals surface area contributed by atoms with E-state index in [4.69, 9.17) is 0 Å². The molecular formula is C12H16FNO3S2. The molecule has 0 bridgehead atoms. The Kier molecular flexibility index (Phi) is 4.50. The summed E-state index contributed by atoms with van der Waals surface area (Å²) in [6, 6.07) is 3.44. The first kappa shape index (κ1) is 14.8. The topological polar surface area (TPSA) is 57.6 Å². The highest BCUT2D eigenvalue weighted by atomic mass is 32.2. The first-order valence-corrected chi connectivity index (χ1v) is 8.45. The second kappa shape index (κ2) is 5.78. The number of rotatable bonds is 3. The highest BCUT2D eigenvalue weighted by Crippen LogP contribution is 2.26. The van der Waals surface area contributed by atoms with E-state index in [1.165, 1.54) is 10.4 Å². The van der Waals surface area contributed by atoms with E-state index in [-0.39, 0.29) is 15.7 Å². The minimum absolute atomic E-state index is 0.130. The van der Waals surface area contributed by atoms with Gasteiger partial charge in [-0.05, 0) is 17.7 Å². The van der Waals surface area contributed by atoms with Crippen LogP contribution < -0.4 is 0 Å². The molecule has 1 saturated heterocycles. The number of nitrogens with zero attached hydrogens (tertiary/aromatic N) is 1. The Morgan fingerprint density at radius 1 is 1.53 bits per heavy atom. The molecule has 0 spiro atoms. The van der Waals surface area contributed by atoms with Gasteiger partial charge in [0.15, 0.2) is 0 Å². The zero-order valence-corrected chi connectivity index (χ0v) is 12.2. The Balaban J connectivity index is 2.41. The van der Waals surface area contributed by atoms with E-state index >= 15 is 0 Å². The van der Waals surface area contributed by atoms with Gasteiger partial charge >= 0.3 is 0 Å². The minimum Gasteiger partial charge on any atom is -0.392 e. The maximum absolute atomic E-state index is 13.3. The summed E-state index contributed by atoms with van der Waals surface area (Å²) in [7, 11) is -3.74. The van der Waals surface area contributed by atoms with E-state index < -0.39 is 22.4 Å². The van der Waals surface area contributed by atoms with Crippen LogP contribution in [-0.2, 0) is 16.6 Å². The standard InChI is InChI=1S/C12H16FNO3S2/c1-9-7-14(4-5-18-9)19(16,17)12-6-11(13)3-2-10(12)8-15/h2-3,6,9,15H,4-5,7-8H2,1H3. The molecule has 7 heteroatoms. The number of thioether (sulfide) groups is 1. The van der Waals surface area contributed by atoms with Crippen LogP contribution in [0, 0.1) is 5.82 Å². The number of hydrogen-bond donors (Lipinski definition) is 1. The lowest BCUT2D eigenvalue weighted by Gasteiger charge is -2.30. The largest absolute Gasteiger partial charge is 0.392 e. The monoisotopic (exact) mass is 305 g/mol. The second-order valence-electron chi connectivity index (χ2n) is 4.45. The molecular weight excluding hydrogens is 289 g/mol. The maximum atomic E-state index is 13.3. The normalized spacial score (nSPS) is 21.5. The number of benzene rings is 1. The average molecular weight is 305 g/mol. The molecule has 1 atom stereocenters. The minimum atomic E-state index is -3.74. The van der Waals surface area contributed by atoms with Crippen LogP contribution in [0.3, 0.4) is 0 Å². The summed E-state index contributed by atoms with van der Waals surface area (Å²) in [5.41, 5.74) is 0.229. The van der Waals surface area contributed by atoms with E-state index in [0.717, 1.165) is 17.9 Å². The van der Waals surface area contributed by atoms with Gasteiger partial charge in [-0.15, -0.1) is 0 Å². The predicted octanol–water partition coefficient (Wildman–Crippen LogP) is 1.44. The Morgan fingerprint density at radius 2 is 2.26 bits per heavy atom. The summed E-state index contributed by atoms with van der Waals surface area (Å²) in [6.45, 7) is 2.37. The number of halogens is 1. The summed E-state index contributed by atoms with van der Waals surface area (Å²) in [6.07, 6.45) is 0. The summed E-state index contributed by atoms with van der Waals surface area (Å²) in [5.74, 6) is 0.111. The van der Waals surface area contributed by atoms with Crippen molar-refractivity contribution in [1.29, 1.82) is 0 Å². The third kappa shape index (κ3) is 3.10. The van der Waals surface area contributed by atoms with Crippen molar-refractivity contribution < 1.29 is 17.9 Å². The van der Waals surface area contributed by atoms with Gasteiger partial charge in [0.05, 0.1) is 11.5 Å². The van der Waals surface area contributed by atoms with Gasteiger partial charge in [0.1, 0.15) is 5.82 Å². The Morgan fingerprint density at radius 3 is 2.89 bits per heavy atom. The molecule has 2 rings (SSSR count). The second-order valence-corrected chi connectivity index (χ2v) is 7.91. The van der Waals surface area contributed by atoms with Crippen molar-refractivity contribution in [2.75, 3.05) is 18.8 Å². The smallest absolute Gasteiger partial charge is 0.243 e. The molecule has 19 heavy (non-hydrogen) atoms. The van der Waals surface area contributed by atoms with Gasteiger partial charge in [-0.2, -0.15) is 16.1 Å². The van der Waals surface area contributed by atoms with Crippen molar-refractivity contribution in [2.24, 2.45) is 0 Å². The Labute approximate surface area is 116 Å². The molecule has 1 aromatic rings. The molecule has 1 fully saturated rings. The van der Waals surface area contributed by atoms with Crippen LogP contribution in [-0.4, -0.2) is 41.9 Å². The molecule has 1 N–H and O–H groups in total. The van der Waals surface area contributed by atoms with Crippen LogP contribution in [0.5, 0.6) is 0 Å². The third-order valence-electron chi connectivity index (χ3n) is 3.02. The van der Waals surface area contributed by atoms with Crippen molar-refractivity contribution in [2.45, 2.75) is 23.7 Å². The molecule has 1 heterocycles. The quantitative estimate of drug-likeness (QED) is 0.918. The van der Waals surface area contributed by atoms with Crippen molar-refractivity contribution in [3.63, 3.8) is 0 Å². The lowest BCUT2D eigenvalue weighted by molar-refractivity contribution is 0.277. The zero-order valence-electron chi connectivity index (χ0n) is 10.5. The molecule has 0 aromatic heterocycles. The van der Waals surface area contributed by atoms with Gasteiger partial charge < -0.3 is 5.11 Å². The Bertz CT molecular complexity index is 562. The molecule has 0 saturated carbocycles. The zero-order chi connectivity index (χ0) is 14.0.